The number of hydrogen-bond donors (Lipinski definition) is 0. The van der Waals surface area contributed by atoms with E-state index in [0.717, 1.165) is 0 Å². The van der Waals surface area contributed by atoms with Crippen molar-refractivity contribution in [3.05, 3.63) is 27.2 Å². The van der Waals surface area contributed by atoms with Gasteiger partial charge in [0.2, 0.25) is 0 Å². The van der Waals surface area contributed by atoms with Crippen LogP contribution in [0.25, 0.3) is 0 Å². The summed E-state index contributed by atoms with van der Waals surface area (Å²) in [5.74, 6) is 0.492. The van der Waals surface area contributed by atoms with Crippen LogP contribution in [0, 0.1) is 0 Å². The number of rotatable bonds is 4. The van der Waals surface area contributed by atoms with Crippen molar-refractivity contribution in [2.75, 3.05) is 0 Å². The van der Waals surface area contributed by atoms with Gasteiger partial charge < -0.3 is 0 Å². The molecule has 0 amide bonds. The van der Waals surface area contributed by atoms with Crippen molar-refractivity contribution < 1.29 is 24.7 Å². The van der Waals surface area contributed by atoms with E-state index in [4.69, 9.17) is 41.6 Å². The van der Waals surface area contributed by atoms with Crippen molar-refractivity contribution in [1.82, 2.24) is 0 Å². The molecular weight excluding hydrogens is 340 g/mol. The van der Waals surface area contributed by atoms with Crippen LogP contribution in [0.15, 0.2) is 12.1 Å². The van der Waals surface area contributed by atoms with Crippen molar-refractivity contribution in [3.63, 3.8) is 0 Å². The summed E-state index contributed by atoms with van der Waals surface area (Å²) in [6.45, 7) is 6.35. The first-order valence-electron chi connectivity index (χ1n) is 4.71. The van der Waals surface area contributed by atoms with Crippen LogP contribution in [0.2, 0.25) is 34.7 Å². The molecule has 2 nitrogen and oxygen atoms in total. The molecule has 1 aromatic carbocycles. The van der Waals surface area contributed by atoms with Crippen molar-refractivity contribution in [1.29, 1.82) is 0 Å². The van der Waals surface area contributed by atoms with Gasteiger partial charge in [-0.15, -0.1) is 0 Å². The molecule has 0 saturated heterocycles. The molecule has 0 aliphatic carbocycles. The molecule has 0 aliphatic heterocycles. The molecule has 0 aromatic heterocycles. The quantitative estimate of drug-likeness (QED) is 0.727. The van der Waals surface area contributed by atoms with Gasteiger partial charge in [-0.25, -0.2) is 0 Å². The number of benzene rings is 1. The molecule has 7 heteroatoms. The van der Waals surface area contributed by atoms with E-state index in [1.54, 1.807) is 12.1 Å². The Morgan fingerprint density at radius 2 is 1.56 bits per heavy atom. The van der Waals surface area contributed by atoms with Crippen molar-refractivity contribution in [2.24, 2.45) is 0 Å². The Bertz CT molecular complexity index is 359. The van der Waals surface area contributed by atoms with Gasteiger partial charge in [0, 0.05) is 0 Å². The van der Waals surface area contributed by atoms with Crippen LogP contribution in [0.1, 0.15) is 0 Å². The maximum absolute atomic E-state index is 5.98. The van der Waals surface area contributed by atoms with Gasteiger partial charge in [-0.1, -0.05) is 0 Å². The topological polar surface area (TPSA) is 18.5 Å². The molecule has 0 saturated carbocycles. The maximum atomic E-state index is 5.98. The van der Waals surface area contributed by atoms with Crippen molar-refractivity contribution in [3.8, 4) is 5.75 Å². The average molecular weight is 351 g/mol. The first-order chi connectivity index (χ1) is 7.29. The molecule has 0 unspecified atom stereocenters. The fourth-order valence-electron chi connectivity index (χ4n) is 0.932. The van der Waals surface area contributed by atoms with Gasteiger partial charge in [0.05, 0.1) is 0 Å². The molecule has 1 rings (SSSR count). The number of hydrogen-bond acceptors (Lipinski definition) is 2. The Labute approximate surface area is 120 Å². The third-order valence-electron chi connectivity index (χ3n) is 1.66. The molecule has 0 atom stereocenters. The van der Waals surface area contributed by atoms with E-state index in [1.165, 1.54) is 0 Å². The van der Waals surface area contributed by atoms with Crippen molar-refractivity contribution in [2.45, 2.75) is 19.6 Å². The standard InChI is InChI=1S/C6H3Cl3O.C3H9OSi.Zn/c7-3-1-4(8)6(10)5(9)2-3;1-5(2,3)4;/h1-2,10H;1-3H3;/q;-1;+2/p-1. The van der Waals surface area contributed by atoms with E-state index in [0.29, 0.717) is 20.8 Å². The van der Waals surface area contributed by atoms with Gasteiger partial charge in [0.15, 0.2) is 0 Å². The second-order valence-electron chi connectivity index (χ2n) is 4.22. The summed E-state index contributed by atoms with van der Waals surface area (Å²) in [4.78, 5) is 0. The van der Waals surface area contributed by atoms with Crippen LogP contribution in [0.5, 0.6) is 5.75 Å². The molecule has 0 fully saturated rings. The molecule has 0 spiro atoms. The molecule has 0 bridgehead atoms. The van der Waals surface area contributed by atoms with Gasteiger partial charge in [-0.05, 0) is 0 Å². The third-order valence-corrected chi connectivity index (χ3v) is 10.5. The Balaban J connectivity index is 2.68. The normalized spacial score (nSPS) is 11.1. The van der Waals surface area contributed by atoms with Crippen LogP contribution in [0.4, 0.5) is 0 Å². The summed E-state index contributed by atoms with van der Waals surface area (Å²) in [5.41, 5.74) is 0. The second-order valence-corrected chi connectivity index (χ2v) is 12.9. The van der Waals surface area contributed by atoms with E-state index in [9.17, 15) is 0 Å². The molecule has 1 aromatic rings. The minimum atomic E-state index is -1.53. The van der Waals surface area contributed by atoms with E-state index in [2.05, 4.69) is 19.6 Å². The fourth-order valence-corrected chi connectivity index (χ4v) is 6.15. The van der Waals surface area contributed by atoms with Crippen LogP contribution >= 0.6 is 34.8 Å². The van der Waals surface area contributed by atoms with Crippen molar-refractivity contribution >= 4 is 43.1 Å². The third kappa shape index (κ3) is 4.91. The second kappa shape index (κ2) is 6.03. The predicted molar refractivity (Wildman–Crippen MR) is 66.5 cm³/mol. The summed E-state index contributed by atoms with van der Waals surface area (Å²) in [6.07, 6.45) is 0. The van der Waals surface area contributed by atoms with Gasteiger partial charge >= 0.3 is 120 Å². The SMILES string of the molecule is C[Si](C)(C)[O][Zn][O]c1c(Cl)cc(Cl)cc1Cl. The zero-order chi connectivity index (χ0) is 12.3. The van der Waals surface area contributed by atoms with E-state index >= 15 is 0 Å². The average Bonchev–Trinajstić information content (AvgIpc) is 2.07. The first kappa shape index (κ1) is 14.8. The van der Waals surface area contributed by atoms with Gasteiger partial charge in [0.25, 0.3) is 0 Å². The molecule has 86 valence electrons. The Morgan fingerprint density at radius 3 is 2.00 bits per heavy atom. The van der Waals surface area contributed by atoms with Gasteiger partial charge in [0.1, 0.15) is 0 Å². The molecule has 0 radical (unpaired) electrons. The fraction of sp³-hybridized carbons (Fsp3) is 0.333. The monoisotopic (exact) mass is 348 g/mol. The van der Waals surface area contributed by atoms with E-state index in [-0.39, 0.29) is 0 Å². The van der Waals surface area contributed by atoms with Crippen LogP contribution < -0.4 is 3.56 Å². The van der Waals surface area contributed by atoms with E-state index in [1.807, 2.05) is 0 Å². The zero-order valence-corrected chi connectivity index (χ0v) is 15.5. The summed E-state index contributed by atoms with van der Waals surface area (Å²) < 4.78 is 11.3. The Hall–Kier alpha value is 0.690. The predicted octanol–water partition coefficient (Wildman–Crippen LogP) is 4.79. The summed E-state index contributed by atoms with van der Waals surface area (Å²) >= 11 is 16.2. The van der Waals surface area contributed by atoms with E-state index < -0.39 is 26.2 Å². The molecule has 0 aliphatic rings. The van der Waals surface area contributed by atoms with Crippen LogP contribution in [0.3, 0.4) is 0 Å². The van der Waals surface area contributed by atoms with Gasteiger partial charge in [-0.3, -0.25) is 0 Å². The summed E-state index contributed by atoms with van der Waals surface area (Å²) in [6, 6.07) is 3.22. The summed E-state index contributed by atoms with van der Waals surface area (Å²) in [7, 11) is -1.51. The van der Waals surface area contributed by atoms with Gasteiger partial charge in [-0.2, -0.15) is 0 Å². The summed E-state index contributed by atoms with van der Waals surface area (Å²) in [5, 5.41) is 1.37. The molecule has 16 heavy (non-hydrogen) atoms. The Kier molecular flexibility index (Phi) is 5.56. The van der Waals surface area contributed by atoms with Crippen LogP contribution in [-0.2, 0) is 21.1 Å². The first-order valence-corrected chi connectivity index (χ1v) is 11.7. The zero-order valence-electron chi connectivity index (χ0n) is 9.31. The minimum absolute atomic E-state index is 0.433. The Morgan fingerprint density at radius 1 is 1.06 bits per heavy atom. The molecular formula is C9H11Cl3O2SiZn. The molecule has 0 N–H and O–H groups in total. The number of halogens is 3. The van der Waals surface area contributed by atoms with Crippen LogP contribution in [-0.4, -0.2) is 8.32 Å². The molecule has 0 heterocycles.